The van der Waals surface area contributed by atoms with Crippen LogP contribution in [-0.4, -0.2) is 11.5 Å². The first-order valence-corrected chi connectivity index (χ1v) is 7.34. The van der Waals surface area contributed by atoms with E-state index >= 15 is 0 Å². The SMILES string of the molecule is OC(c1ccc(Br)c(Br)c1)c1ccccc1OC(F)(F)F. The Kier molecular flexibility index (Phi) is 4.95. The van der Waals surface area contributed by atoms with E-state index < -0.39 is 18.2 Å². The zero-order chi connectivity index (χ0) is 15.6. The Morgan fingerprint density at radius 3 is 2.29 bits per heavy atom. The Morgan fingerprint density at radius 2 is 1.67 bits per heavy atom. The second-order valence-corrected chi connectivity index (χ2v) is 5.87. The monoisotopic (exact) mass is 424 g/mol. The zero-order valence-corrected chi connectivity index (χ0v) is 13.5. The molecule has 21 heavy (non-hydrogen) atoms. The summed E-state index contributed by atoms with van der Waals surface area (Å²) >= 11 is 6.57. The first-order valence-electron chi connectivity index (χ1n) is 5.75. The van der Waals surface area contributed by atoms with Gasteiger partial charge < -0.3 is 9.84 Å². The van der Waals surface area contributed by atoms with Crippen LogP contribution in [0.4, 0.5) is 13.2 Å². The highest BCUT2D eigenvalue weighted by Gasteiger charge is 2.33. The molecule has 0 aromatic heterocycles. The van der Waals surface area contributed by atoms with Crippen molar-refractivity contribution in [1.29, 1.82) is 0 Å². The normalized spacial score (nSPS) is 13.0. The average molecular weight is 426 g/mol. The number of aliphatic hydroxyl groups excluding tert-OH is 1. The number of alkyl halides is 3. The van der Waals surface area contributed by atoms with Crippen LogP contribution in [0.15, 0.2) is 51.4 Å². The lowest BCUT2D eigenvalue weighted by atomic mass is 10.0. The molecular weight excluding hydrogens is 417 g/mol. The molecule has 0 radical (unpaired) electrons. The van der Waals surface area contributed by atoms with E-state index in [1.165, 1.54) is 24.3 Å². The minimum atomic E-state index is -4.81. The molecule has 0 aliphatic carbocycles. The fourth-order valence-electron chi connectivity index (χ4n) is 1.79. The minimum absolute atomic E-state index is 0.0454. The molecule has 0 bridgehead atoms. The molecule has 7 heteroatoms. The van der Waals surface area contributed by atoms with Gasteiger partial charge in [0.2, 0.25) is 0 Å². The van der Waals surface area contributed by atoms with E-state index in [0.29, 0.717) is 10.0 Å². The molecule has 2 rings (SSSR count). The van der Waals surface area contributed by atoms with Crippen molar-refractivity contribution in [2.45, 2.75) is 12.5 Å². The molecule has 2 nitrogen and oxygen atoms in total. The third kappa shape index (κ3) is 4.21. The van der Waals surface area contributed by atoms with Gasteiger partial charge in [-0.1, -0.05) is 24.3 Å². The number of rotatable bonds is 3. The fraction of sp³-hybridized carbons (Fsp3) is 0.143. The van der Waals surface area contributed by atoms with Crippen LogP contribution < -0.4 is 4.74 Å². The predicted molar refractivity (Wildman–Crippen MR) is 79.0 cm³/mol. The van der Waals surface area contributed by atoms with Crippen molar-refractivity contribution in [3.63, 3.8) is 0 Å². The Hall–Kier alpha value is -1.05. The number of aliphatic hydroxyl groups is 1. The first kappa shape index (κ1) is 16.3. The van der Waals surface area contributed by atoms with Gasteiger partial charge in [0, 0.05) is 14.5 Å². The van der Waals surface area contributed by atoms with Crippen LogP contribution in [0.25, 0.3) is 0 Å². The summed E-state index contributed by atoms with van der Waals surface area (Å²) in [5.41, 5.74) is 0.493. The molecule has 2 aromatic rings. The van der Waals surface area contributed by atoms with Crippen LogP contribution >= 0.6 is 31.9 Å². The van der Waals surface area contributed by atoms with Gasteiger partial charge in [0.15, 0.2) is 0 Å². The maximum atomic E-state index is 12.4. The van der Waals surface area contributed by atoms with E-state index in [2.05, 4.69) is 36.6 Å². The van der Waals surface area contributed by atoms with Gasteiger partial charge >= 0.3 is 6.36 Å². The largest absolute Gasteiger partial charge is 0.573 e. The summed E-state index contributed by atoms with van der Waals surface area (Å²) in [6.45, 7) is 0. The smallest absolute Gasteiger partial charge is 0.405 e. The van der Waals surface area contributed by atoms with Crippen molar-refractivity contribution in [1.82, 2.24) is 0 Å². The highest BCUT2D eigenvalue weighted by molar-refractivity contribution is 9.13. The van der Waals surface area contributed by atoms with E-state index in [9.17, 15) is 18.3 Å². The molecule has 0 spiro atoms. The maximum Gasteiger partial charge on any atom is 0.573 e. The lowest BCUT2D eigenvalue weighted by Crippen LogP contribution is -2.18. The molecule has 0 aliphatic rings. The van der Waals surface area contributed by atoms with Crippen molar-refractivity contribution in [2.24, 2.45) is 0 Å². The fourth-order valence-corrected chi connectivity index (χ4v) is 2.43. The summed E-state index contributed by atoms with van der Waals surface area (Å²) in [5, 5.41) is 10.3. The molecule has 0 aliphatic heterocycles. The minimum Gasteiger partial charge on any atom is -0.405 e. The van der Waals surface area contributed by atoms with Gasteiger partial charge in [0.1, 0.15) is 11.9 Å². The Labute approximate surface area is 135 Å². The molecule has 112 valence electrons. The van der Waals surface area contributed by atoms with Crippen LogP contribution in [0.1, 0.15) is 17.2 Å². The Balaban J connectivity index is 2.38. The quantitative estimate of drug-likeness (QED) is 0.733. The number of benzene rings is 2. The molecule has 0 saturated heterocycles. The third-order valence-corrected chi connectivity index (χ3v) is 4.58. The van der Waals surface area contributed by atoms with E-state index in [1.54, 1.807) is 18.2 Å². The van der Waals surface area contributed by atoms with Crippen molar-refractivity contribution in [2.75, 3.05) is 0 Å². The zero-order valence-electron chi connectivity index (χ0n) is 10.4. The van der Waals surface area contributed by atoms with Gasteiger partial charge in [-0.2, -0.15) is 0 Å². The molecule has 1 unspecified atom stereocenters. The van der Waals surface area contributed by atoms with Gasteiger partial charge in [-0.25, -0.2) is 0 Å². The molecule has 1 N–H and O–H groups in total. The molecular formula is C14H9Br2F3O2. The number of halogens is 5. The van der Waals surface area contributed by atoms with Crippen LogP contribution in [-0.2, 0) is 0 Å². The summed E-state index contributed by atoms with van der Waals surface area (Å²) in [4.78, 5) is 0. The molecule has 1 atom stereocenters. The topological polar surface area (TPSA) is 29.5 Å². The molecule has 0 saturated carbocycles. The molecule has 0 amide bonds. The second-order valence-electron chi connectivity index (χ2n) is 4.16. The highest BCUT2D eigenvalue weighted by Crippen LogP contribution is 2.35. The van der Waals surface area contributed by atoms with Crippen molar-refractivity contribution in [3.8, 4) is 5.75 Å². The predicted octanol–water partition coefficient (Wildman–Crippen LogP) is 5.19. The van der Waals surface area contributed by atoms with E-state index in [4.69, 9.17) is 0 Å². The first-order chi connectivity index (χ1) is 9.78. The van der Waals surface area contributed by atoms with Gasteiger partial charge in [-0.05, 0) is 55.6 Å². The van der Waals surface area contributed by atoms with Crippen LogP contribution in [0.3, 0.4) is 0 Å². The van der Waals surface area contributed by atoms with E-state index in [1.807, 2.05) is 0 Å². The number of ether oxygens (including phenoxy) is 1. The third-order valence-electron chi connectivity index (χ3n) is 2.70. The molecule has 0 fully saturated rings. The van der Waals surface area contributed by atoms with E-state index in [-0.39, 0.29) is 5.56 Å². The Morgan fingerprint density at radius 1 is 1.00 bits per heavy atom. The number of hydrogen-bond donors (Lipinski definition) is 1. The van der Waals surface area contributed by atoms with E-state index in [0.717, 1.165) is 4.47 Å². The van der Waals surface area contributed by atoms with Gasteiger partial charge in [-0.15, -0.1) is 13.2 Å². The van der Waals surface area contributed by atoms with Crippen LogP contribution in [0, 0.1) is 0 Å². The summed E-state index contributed by atoms with van der Waals surface area (Å²) in [7, 11) is 0. The van der Waals surface area contributed by atoms with Crippen LogP contribution in [0.2, 0.25) is 0 Å². The highest BCUT2D eigenvalue weighted by atomic mass is 79.9. The second kappa shape index (κ2) is 6.37. The van der Waals surface area contributed by atoms with Gasteiger partial charge in [0.05, 0.1) is 0 Å². The number of para-hydroxylation sites is 1. The average Bonchev–Trinajstić information content (AvgIpc) is 2.40. The maximum absolute atomic E-state index is 12.4. The van der Waals surface area contributed by atoms with Gasteiger partial charge in [0.25, 0.3) is 0 Å². The summed E-state index contributed by atoms with van der Waals surface area (Å²) in [6, 6.07) is 10.4. The summed E-state index contributed by atoms with van der Waals surface area (Å²) in [5.74, 6) is -0.420. The Bertz CT molecular complexity index is 644. The van der Waals surface area contributed by atoms with Gasteiger partial charge in [-0.3, -0.25) is 0 Å². The molecule has 2 aromatic carbocycles. The number of hydrogen-bond acceptors (Lipinski definition) is 2. The summed E-state index contributed by atoms with van der Waals surface area (Å²) < 4.78 is 42.6. The molecule has 0 heterocycles. The lowest BCUT2D eigenvalue weighted by molar-refractivity contribution is -0.275. The van der Waals surface area contributed by atoms with Crippen molar-refractivity contribution >= 4 is 31.9 Å². The lowest BCUT2D eigenvalue weighted by Gasteiger charge is -2.17. The van der Waals surface area contributed by atoms with Crippen LogP contribution in [0.5, 0.6) is 5.75 Å². The van der Waals surface area contributed by atoms with Crippen molar-refractivity contribution in [3.05, 3.63) is 62.5 Å². The standard InChI is InChI=1S/C14H9Br2F3O2/c15-10-6-5-8(7-11(10)16)13(20)9-3-1-2-4-12(9)21-14(17,18)19/h1-7,13,20H. The summed E-state index contributed by atoms with van der Waals surface area (Å²) in [6.07, 6.45) is -6.04. The van der Waals surface area contributed by atoms with Crippen molar-refractivity contribution < 1.29 is 23.0 Å².